The van der Waals surface area contributed by atoms with Crippen LogP contribution in [0.15, 0.2) is 24.3 Å². The molecule has 1 rings (SSSR count). The summed E-state index contributed by atoms with van der Waals surface area (Å²) in [5, 5.41) is 20.6. The summed E-state index contributed by atoms with van der Waals surface area (Å²) in [6, 6.07) is 3.71. The van der Waals surface area contributed by atoms with E-state index in [1.165, 1.54) is 69.9 Å². The van der Waals surface area contributed by atoms with E-state index in [1.54, 1.807) is 12.1 Å². The zero-order valence-corrected chi connectivity index (χ0v) is 45.8. The number of unbranched alkanes of at least 4 members (excludes halogenated alkanes) is 14. The van der Waals surface area contributed by atoms with Gasteiger partial charge in [-0.1, -0.05) is 123 Å². The maximum Gasteiger partial charge on any atom is 0.230 e. The van der Waals surface area contributed by atoms with Gasteiger partial charge in [0.15, 0.2) is 17.3 Å². The molecular formula is C57H97N7O10. The Morgan fingerprint density at radius 3 is 1.61 bits per heavy atom. The molecule has 0 heterocycles. The topological polar surface area (TPSA) is 300 Å². The largest absolute Gasteiger partial charge is 0.508 e. The van der Waals surface area contributed by atoms with Crippen LogP contribution >= 0.6 is 0 Å². The van der Waals surface area contributed by atoms with E-state index in [1.807, 2.05) is 20.8 Å². The summed E-state index contributed by atoms with van der Waals surface area (Å²) in [7, 11) is 0. The minimum atomic E-state index is -1.20. The molecule has 17 nitrogen and oxygen atoms in total. The highest BCUT2D eigenvalue weighted by atomic mass is 16.3. The number of rotatable bonds is 46. The Balaban J connectivity index is 3.05. The van der Waals surface area contributed by atoms with E-state index in [0.29, 0.717) is 63.6 Å². The predicted octanol–water partition coefficient (Wildman–Crippen LogP) is 7.24. The Kier molecular flexibility index (Phi) is 37.3. The molecule has 0 aliphatic rings. The van der Waals surface area contributed by atoms with Crippen molar-refractivity contribution < 1.29 is 48.3 Å². The van der Waals surface area contributed by atoms with Crippen LogP contribution in [0.1, 0.15) is 213 Å². The van der Waals surface area contributed by atoms with Gasteiger partial charge in [0, 0.05) is 56.3 Å². The first-order chi connectivity index (χ1) is 35.4. The second-order valence-electron chi connectivity index (χ2n) is 20.8. The van der Waals surface area contributed by atoms with Crippen LogP contribution in [0.2, 0.25) is 0 Å². The summed E-state index contributed by atoms with van der Waals surface area (Å²) >= 11 is 0. The van der Waals surface area contributed by atoms with E-state index in [0.717, 1.165) is 25.7 Å². The standard InChI is InChI=1S/C57H97N7O10/c1-5-7-8-9-10-11-12-13-14-15-16-17-18-25-53(70)61-40-47(66)31-33-54(71)62-49(37-42-26-29-46(65)30-27-42)51(68)39-45(28-32-52(60)69)56(73)63-48(24-20-22-35-59)50(67)38-44(23-19-21-34-58)57(74)64-55(72)43(6-2)36-41(3)4/h26-27,29-30,41,43-45,48-49,65H,5-25,28,31-40,58-59H2,1-4H3,(H2,60,69)(H,61,70)(H,62,71)(H,63,73)(H,64,72,74)/t43-,44+,45+,48-,49-/m0/s1. The Morgan fingerprint density at radius 1 is 0.541 bits per heavy atom. The van der Waals surface area contributed by atoms with Gasteiger partial charge in [0.2, 0.25) is 35.4 Å². The molecule has 0 fully saturated rings. The average molecular weight is 1040 g/mol. The van der Waals surface area contributed by atoms with E-state index >= 15 is 0 Å². The van der Waals surface area contributed by atoms with Crippen LogP contribution < -0.4 is 38.5 Å². The summed E-state index contributed by atoms with van der Waals surface area (Å²) in [5.74, 6) is -6.86. The van der Waals surface area contributed by atoms with Gasteiger partial charge in [-0.25, -0.2) is 0 Å². The van der Waals surface area contributed by atoms with E-state index in [9.17, 15) is 48.3 Å². The van der Waals surface area contributed by atoms with Gasteiger partial charge in [0.1, 0.15) is 5.75 Å². The van der Waals surface area contributed by atoms with Crippen LogP contribution in [0, 0.1) is 23.7 Å². The smallest absolute Gasteiger partial charge is 0.230 e. The monoisotopic (exact) mass is 1040 g/mol. The van der Waals surface area contributed by atoms with Crippen molar-refractivity contribution in [3.05, 3.63) is 29.8 Å². The summed E-state index contributed by atoms with van der Waals surface area (Å²) in [6.07, 6.45) is 17.8. The number of ketones is 3. The van der Waals surface area contributed by atoms with E-state index < -0.39 is 71.4 Å². The summed E-state index contributed by atoms with van der Waals surface area (Å²) in [4.78, 5) is 120. The molecule has 74 heavy (non-hydrogen) atoms. The molecule has 0 aromatic heterocycles. The Bertz CT molecular complexity index is 1820. The molecular weight excluding hydrogens is 943 g/mol. The molecule has 17 heteroatoms. The number of amides is 6. The maximum atomic E-state index is 14.2. The molecule has 0 radical (unpaired) electrons. The second kappa shape index (κ2) is 41.2. The van der Waals surface area contributed by atoms with E-state index in [-0.39, 0.29) is 87.2 Å². The zero-order valence-electron chi connectivity index (χ0n) is 45.8. The van der Waals surface area contributed by atoms with Crippen LogP contribution in [0.5, 0.6) is 5.75 Å². The van der Waals surface area contributed by atoms with Crippen LogP contribution in [0.3, 0.4) is 0 Å². The van der Waals surface area contributed by atoms with Crippen LogP contribution in [-0.2, 0) is 49.6 Å². The lowest BCUT2D eigenvalue weighted by Gasteiger charge is -2.25. The van der Waals surface area contributed by atoms with E-state index in [2.05, 4.69) is 28.2 Å². The highest BCUT2D eigenvalue weighted by molar-refractivity contribution is 6.00. The molecule has 0 aliphatic carbocycles. The van der Waals surface area contributed by atoms with Crippen LogP contribution in [-0.4, -0.2) is 89.6 Å². The van der Waals surface area contributed by atoms with Crippen molar-refractivity contribution in [2.45, 2.75) is 226 Å². The number of hydrogen-bond acceptors (Lipinski definition) is 12. The molecule has 420 valence electrons. The van der Waals surface area contributed by atoms with Crippen LogP contribution in [0.4, 0.5) is 0 Å². The molecule has 1 aromatic rings. The van der Waals surface area contributed by atoms with Crippen molar-refractivity contribution in [1.82, 2.24) is 21.3 Å². The van der Waals surface area contributed by atoms with Crippen LogP contribution in [0.25, 0.3) is 0 Å². The maximum absolute atomic E-state index is 14.2. The fourth-order valence-corrected chi connectivity index (χ4v) is 9.03. The van der Waals surface area contributed by atoms with Gasteiger partial charge in [-0.15, -0.1) is 0 Å². The SMILES string of the molecule is CCCCCCCCCCCCCCCC(=O)NCC(=O)CCC(=O)N[C@@H](Cc1ccc(O)cc1)C(=O)C[C@@H](CCC(N)=O)C(=O)N[C@@H](CCCCN)C(=O)C[C@@H](CCCCN)C(=O)NC(=O)[C@@H](CC)CC(C)C. The number of primary amides is 1. The molecule has 0 aliphatic heterocycles. The van der Waals surface area contributed by atoms with Crippen molar-refractivity contribution >= 4 is 52.8 Å². The Morgan fingerprint density at radius 2 is 1.07 bits per heavy atom. The molecule has 0 saturated carbocycles. The normalized spacial score (nSPS) is 13.3. The second-order valence-corrected chi connectivity index (χ2v) is 20.8. The number of nitrogens with two attached hydrogens (primary N) is 3. The first-order valence-electron chi connectivity index (χ1n) is 28.2. The van der Waals surface area contributed by atoms with Gasteiger partial charge < -0.3 is 38.3 Å². The van der Waals surface area contributed by atoms with Crippen molar-refractivity contribution in [2.75, 3.05) is 19.6 Å². The Labute approximate surface area is 443 Å². The van der Waals surface area contributed by atoms with Gasteiger partial charge in [-0.05, 0) is 101 Å². The fraction of sp³-hybridized carbons (Fsp3) is 0.737. The number of imide groups is 1. The number of phenolic OH excluding ortho intramolecular Hbond substituents is 1. The summed E-state index contributed by atoms with van der Waals surface area (Å²) < 4.78 is 0. The molecule has 11 N–H and O–H groups in total. The predicted molar refractivity (Wildman–Crippen MR) is 290 cm³/mol. The lowest BCUT2D eigenvalue weighted by molar-refractivity contribution is -0.138. The molecule has 0 spiro atoms. The number of carbonyl (C=O) groups excluding carboxylic acids is 9. The minimum Gasteiger partial charge on any atom is -0.508 e. The molecule has 0 bridgehead atoms. The number of nitrogens with one attached hydrogen (secondary N) is 4. The fourth-order valence-electron chi connectivity index (χ4n) is 9.03. The first-order valence-corrected chi connectivity index (χ1v) is 28.2. The number of benzene rings is 1. The number of Topliss-reactive ketones (excluding diaryl/α,β-unsaturated/α-hetero) is 3. The van der Waals surface area contributed by atoms with Gasteiger partial charge in [0.05, 0.1) is 18.6 Å². The number of phenols is 1. The van der Waals surface area contributed by atoms with Gasteiger partial charge in [-0.3, -0.25) is 48.5 Å². The quantitative estimate of drug-likeness (QED) is 0.0300. The Hall–Kier alpha value is -5.03. The highest BCUT2D eigenvalue weighted by Crippen LogP contribution is 2.22. The minimum absolute atomic E-state index is 0.0165. The van der Waals surface area contributed by atoms with Gasteiger partial charge >= 0.3 is 0 Å². The lowest BCUT2D eigenvalue weighted by Crippen LogP contribution is -2.48. The van der Waals surface area contributed by atoms with E-state index in [4.69, 9.17) is 17.2 Å². The molecule has 6 amide bonds. The molecule has 0 unspecified atom stereocenters. The van der Waals surface area contributed by atoms with Crippen molar-refractivity contribution in [2.24, 2.45) is 40.9 Å². The number of aromatic hydroxyl groups is 1. The third-order valence-corrected chi connectivity index (χ3v) is 13.6. The number of hydrogen-bond donors (Lipinski definition) is 8. The van der Waals surface area contributed by atoms with Crippen molar-refractivity contribution in [1.29, 1.82) is 0 Å². The highest BCUT2D eigenvalue weighted by Gasteiger charge is 2.33. The molecule has 1 aromatic carbocycles. The van der Waals surface area contributed by atoms with Crippen molar-refractivity contribution in [3.8, 4) is 5.75 Å². The number of carbonyl (C=O) groups is 9. The average Bonchev–Trinajstić information content (AvgIpc) is 3.36. The zero-order chi connectivity index (χ0) is 55.1. The molecule has 0 saturated heterocycles. The summed E-state index contributed by atoms with van der Waals surface area (Å²) in [6.45, 7) is 8.55. The van der Waals surface area contributed by atoms with Gasteiger partial charge in [0.25, 0.3) is 0 Å². The third kappa shape index (κ3) is 32.3. The molecule has 5 atom stereocenters. The first kappa shape index (κ1) is 67.0. The summed E-state index contributed by atoms with van der Waals surface area (Å²) in [5.41, 5.74) is 17.6. The van der Waals surface area contributed by atoms with Gasteiger partial charge in [-0.2, -0.15) is 0 Å². The lowest BCUT2D eigenvalue weighted by atomic mass is 9.88. The van der Waals surface area contributed by atoms with Crippen molar-refractivity contribution in [3.63, 3.8) is 0 Å². The third-order valence-electron chi connectivity index (χ3n) is 13.6.